The number of ketones is 1. The second-order valence-corrected chi connectivity index (χ2v) is 2.39. The van der Waals surface area contributed by atoms with Crippen molar-refractivity contribution in [3.8, 4) is 0 Å². The number of Topliss-reactive ketones (excluding diaryl/α,β-unsaturated/α-hetero) is 1. The third kappa shape index (κ3) is 1.59. The Morgan fingerprint density at radius 1 is 1.80 bits per heavy atom. The summed E-state index contributed by atoms with van der Waals surface area (Å²) in [4.78, 5) is 11.0. The summed E-state index contributed by atoms with van der Waals surface area (Å²) < 4.78 is 5.02. The van der Waals surface area contributed by atoms with Gasteiger partial charge in [-0.3, -0.25) is 4.79 Å². The van der Waals surface area contributed by atoms with Crippen LogP contribution < -0.4 is 0 Å². The van der Waals surface area contributed by atoms with Crippen LogP contribution in [0.2, 0.25) is 0 Å². The largest absolute Gasteiger partial charge is 0.501 e. The summed E-state index contributed by atoms with van der Waals surface area (Å²) in [6.45, 7) is 2.64. The predicted molar refractivity (Wildman–Crippen MR) is 38.6 cm³/mol. The zero-order valence-electron chi connectivity index (χ0n) is 6.22. The number of carbonyl (C=O) groups is 1. The van der Waals surface area contributed by atoms with Gasteiger partial charge in [0.05, 0.1) is 12.9 Å². The molecule has 10 heavy (non-hydrogen) atoms. The molecule has 1 aliphatic rings. The third-order valence-electron chi connectivity index (χ3n) is 1.61. The maximum atomic E-state index is 11.0. The molecule has 0 unspecified atom stereocenters. The second-order valence-electron chi connectivity index (χ2n) is 2.39. The van der Waals surface area contributed by atoms with E-state index < -0.39 is 0 Å². The topological polar surface area (TPSA) is 26.3 Å². The van der Waals surface area contributed by atoms with E-state index in [-0.39, 0.29) is 5.78 Å². The molecule has 0 atom stereocenters. The minimum atomic E-state index is 0.222. The van der Waals surface area contributed by atoms with E-state index in [1.165, 1.54) is 0 Å². The van der Waals surface area contributed by atoms with Gasteiger partial charge < -0.3 is 4.74 Å². The molecule has 0 radical (unpaired) electrons. The minimum absolute atomic E-state index is 0.222. The zero-order valence-corrected chi connectivity index (χ0v) is 6.22. The van der Waals surface area contributed by atoms with E-state index in [4.69, 9.17) is 4.74 Å². The van der Waals surface area contributed by atoms with Gasteiger partial charge in [-0.05, 0) is 12.8 Å². The van der Waals surface area contributed by atoms with E-state index in [1.807, 2.05) is 6.92 Å². The monoisotopic (exact) mass is 140 g/mol. The Hall–Kier alpha value is -0.790. The first-order valence-electron chi connectivity index (χ1n) is 3.68. The van der Waals surface area contributed by atoms with Crippen LogP contribution in [0, 0.1) is 0 Å². The van der Waals surface area contributed by atoms with Crippen molar-refractivity contribution in [1.29, 1.82) is 0 Å². The number of ether oxygens (including phenoxy) is 1. The molecule has 0 fully saturated rings. The van der Waals surface area contributed by atoms with Crippen LogP contribution in [0.4, 0.5) is 0 Å². The number of carbonyl (C=O) groups excluding carboxylic acids is 1. The normalized spacial score (nSPS) is 17.5. The van der Waals surface area contributed by atoms with Crippen LogP contribution in [0.15, 0.2) is 11.8 Å². The standard InChI is InChI=1S/C8H12O2/c1-2-8(9)7-4-3-5-10-6-7/h6H,2-5H2,1H3. The van der Waals surface area contributed by atoms with Crippen LogP contribution in [-0.4, -0.2) is 12.4 Å². The summed E-state index contributed by atoms with van der Waals surface area (Å²) in [6.07, 6.45) is 4.08. The fourth-order valence-corrected chi connectivity index (χ4v) is 0.997. The van der Waals surface area contributed by atoms with Gasteiger partial charge in [-0.15, -0.1) is 0 Å². The highest BCUT2D eigenvalue weighted by atomic mass is 16.5. The Labute approximate surface area is 60.9 Å². The van der Waals surface area contributed by atoms with Crippen molar-refractivity contribution in [1.82, 2.24) is 0 Å². The first-order valence-corrected chi connectivity index (χ1v) is 3.68. The molecule has 0 aromatic rings. The third-order valence-corrected chi connectivity index (χ3v) is 1.61. The first-order chi connectivity index (χ1) is 4.84. The summed E-state index contributed by atoms with van der Waals surface area (Å²) in [6, 6.07) is 0. The fraction of sp³-hybridized carbons (Fsp3) is 0.625. The van der Waals surface area contributed by atoms with Crippen molar-refractivity contribution in [2.24, 2.45) is 0 Å². The van der Waals surface area contributed by atoms with E-state index in [1.54, 1.807) is 6.26 Å². The number of hydrogen-bond acceptors (Lipinski definition) is 2. The van der Waals surface area contributed by atoms with E-state index in [0.717, 1.165) is 25.0 Å². The van der Waals surface area contributed by atoms with Crippen molar-refractivity contribution in [2.45, 2.75) is 26.2 Å². The lowest BCUT2D eigenvalue weighted by molar-refractivity contribution is -0.115. The summed E-state index contributed by atoms with van der Waals surface area (Å²) in [7, 11) is 0. The van der Waals surface area contributed by atoms with Crippen molar-refractivity contribution >= 4 is 5.78 Å². The molecule has 1 rings (SSSR count). The van der Waals surface area contributed by atoms with Crippen molar-refractivity contribution in [3.05, 3.63) is 11.8 Å². The average molecular weight is 140 g/mol. The van der Waals surface area contributed by atoms with E-state index >= 15 is 0 Å². The van der Waals surface area contributed by atoms with Crippen molar-refractivity contribution < 1.29 is 9.53 Å². The Kier molecular flexibility index (Phi) is 2.49. The summed E-state index contributed by atoms with van der Waals surface area (Å²) in [5, 5.41) is 0. The molecule has 1 heterocycles. The highest BCUT2D eigenvalue weighted by Crippen LogP contribution is 2.13. The van der Waals surface area contributed by atoms with Gasteiger partial charge in [0.2, 0.25) is 0 Å². The molecule has 56 valence electrons. The molecule has 1 aliphatic heterocycles. The molecule has 0 bridgehead atoms. The molecule has 0 aliphatic carbocycles. The molecule has 0 N–H and O–H groups in total. The van der Waals surface area contributed by atoms with Gasteiger partial charge in [0, 0.05) is 12.0 Å². The lowest BCUT2D eigenvalue weighted by atomic mass is 10.0. The van der Waals surface area contributed by atoms with Gasteiger partial charge in [-0.25, -0.2) is 0 Å². The highest BCUT2D eigenvalue weighted by molar-refractivity contribution is 5.94. The summed E-state index contributed by atoms with van der Waals surface area (Å²) in [5.74, 6) is 0.222. The van der Waals surface area contributed by atoms with Gasteiger partial charge in [0.1, 0.15) is 0 Å². The molecule has 2 nitrogen and oxygen atoms in total. The second kappa shape index (κ2) is 3.40. The Morgan fingerprint density at radius 2 is 2.60 bits per heavy atom. The smallest absolute Gasteiger partial charge is 0.161 e. The van der Waals surface area contributed by atoms with Crippen LogP contribution in [-0.2, 0) is 9.53 Å². The lowest BCUT2D eigenvalue weighted by Gasteiger charge is -2.11. The first kappa shape index (κ1) is 7.32. The highest BCUT2D eigenvalue weighted by Gasteiger charge is 2.10. The number of allylic oxidation sites excluding steroid dienone is 1. The van der Waals surface area contributed by atoms with Crippen molar-refractivity contribution in [3.63, 3.8) is 0 Å². The number of hydrogen-bond donors (Lipinski definition) is 0. The maximum absolute atomic E-state index is 11.0. The SMILES string of the molecule is CCC(=O)C1=COCCC1. The fourth-order valence-electron chi connectivity index (χ4n) is 0.997. The predicted octanol–water partition coefficient (Wildman–Crippen LogP) is 1.66. The number of rotatable bonds is 2. The molecule has 0 saturated heterocycles. The van der Waals surface area contributed by atoms with Gasteiger partial charge >= 0.3 is 0 Å². The van der Waals surface area contributed by atoms with E-state index in [2.05, 4.69) is 0 Å². The average Bonchev–Trinajstić information content (AvgIpc) is 2.05. The van der Waals surface area contributed by atoms with Crippen LogP contribution >= 0.6 is 0 Å². The van der Waals surface area contributed by atoms with Gasteiger partial charge in [0.25, 0.3) is 0 Å². The molecule has 0 spiro atoms. The van der Waals surface area contributed by atoms with Crippen LogP contribution in [0.25, 0.3) is 0 Å². The summed E-state index contributed by atoms with van der Waals surface area (Å²) in [5.41, 5.74) is 0.855. The van der Waals surface area contributed by atoms with E-state index in [0.29, 0.717) is 6.42 Å². The van der Waals surface area contributed by atoms with E-state index in [9.17, 15) is 4.79 Å². The molecule has 0 saturated carbocycles. The molecule has 0 aromatic carbocycles. The molecule has 0 aromatic heterocycles. The maximum Gasteiger partial charge on any atom is 0.161 e. The zero-order chi connectivity index (χ0) is 7.40. The lowest BCUT2D eigenvalue weighted by Crippen LogP contribution is -2.07. The van der Waals surface area contributed by atoms with Crippen LogP contribution in [0.1, 0.15) is 26.2 Å². The van der Waals surface area contributed by atoms with Crippen LogP contribution in [0.5, 0.6) is 0 Å². The molecular weight excluding hydrogens is 128 g/mol. The Balaban J connectivity index is 2.53. The molecule has 2 heteroatoms. The van der Waals surface area contributed by atoms with Crippen LogP contribution in [0.3, 0.4) is 0 Å². The quantitative estimate of drug-likeness (QED) is 0.583. The molecule has 0 amide bonds. The Morgan fingerprint density at radius 3 is 3.10 bits per heavy atom. The van der Waals surface area contributed by atoms with Gasteiger partial charge in [-0.2, -0.15) is 0 Å². The summed E-state index contributed by atoms with van der Waals surface area (Å²) >= 11 is 0. The minimum Gasteiger partial charge on any atom is -0.501 e. The Bertz CT molecular complexity index is 159. The van der Waals surface area contributed by atoms with Crippen molar-refractivity contribution in [2.75, 3.05) is 6.61 Å². The molecular formula is C8H12O2. The van der Waals surface area contributed by atoms with Gasteiger partial charge in [0.15, 0.2) is 5.78 Å². The van der Waals surface area contributed by atoms with Gasteiger partial charge in [-0.1, -0.05) is 6.92 Å².